The van der Waals surface area contributed by atoms with Gasteiger partial charge in [0.15, 0.2) is 0 Å². The normalized spacial score (nSPS) is 12.2. The molecule has 2 aromatic carbocycles. The molecule has 0 aromatic heterocycles. The summed E-state index contributed by atoms with van der Waals surface area (Å²) in [7, 11) is 0. The Morgan fingerprint density at radius 2 is 1.71 bits per heavy atom. The first kappa shape index (κ1) is 22.1. The second-order valence-electron chi connectivity index (χ2n) is 7.52. The third-order valence-electron chi connectivity index (χ3n) is 4.08. The highest BCUT2D eigenvalue weighted by Gasteiger charge is 2.35. The number of rotatable bonds is 6. The molecule has 28 heavy (non-hydrogen) atoms. The fourth-order valence-electron chi connectivity index (χ4n) is 2.68. The van der Waals surface area contributed by atoms with Gasteiger partial charge in [-0.05, 0) is 56.2 Å². The summed E-state index contributed by atoms with van der Waals surface area (Å²) < 4.78 is 45.3. The predicted molar refractivity (Wildman–Crippen MR) is 105 cm³/mol. The van der Waals surface area contributed by atoms with E-state index in [1.165, 1.54) is 12.1 Å². The smallest absolute Gasteiger partial charge is 0.420 e. The standard InChI is InChI=1S/C21H23ClF3NO2/c1-13(2)28-18-10-9-16(11-17(18)21(23,24)25)26-19(27)20(3,4)12-14-5-7-15(22)8-6-14/h5-11,13H,12H2,1-4H3,(H,26,27). The van der Waals surface area contributed by atoms with Crippen LogP contribution in [0.4, 0.5) is 18.9 Å². The van der Waals surface area contributed by atoms with Crippen molar-refractivity contribution in [2.24, 2.45) is 5.41 Å². The van der Waals surface area contributed by atoms with E-state index in [1.807, 2.05) is 12.1 Å². The van der Waals surface area contributed by atoms with Crippen LogP contribution in [0, 0.1) is 5.41 Å². The summed E-state index contributed by atoms with van der Waals surface area (Å²) in [6.45, 7) is 6.76. The van der Waals surface area contributed by atoms with Gasteiger partial charge in [0.1, 0.15) is 5.75 Å². The SMILES string of the molecule is CC(C)Oc1ccc(NC(=O)C(C)(C)Cc2ccc(Cl)cc2)cc1C(F)(F)F. The van der Waals surface area contributed by atoms with Gasteiger partial charge in [-0.15, -0.1) is 0 Å². The lowest BCUT2D eigenvalue weighted by atomic mass is 9.84. The van der Waals surface area contributed by atoms with Gasteiger partial charge in [-0.1, -0.05) is 37.6 Å². The van der Waals surface area contributed by atoms with E-state index >= 15 is 0 Å². The number of carbonyl (C=O) groups excluding carboxylic acids is 1. The molecule has 7 heteroatoms. The minimum absolute atomic E-state index is 0.0672. The van der Waals surface area contributed by atoms with Gasteiger partial charge in [0.2, 0.25) is 5.91 Å². The molecule has 0 fully saturated rings. The topological polar surface area (TPSA) is 38.3 Å². The number of ether oxygens (including phenoxy) is 1. The third-order valence-corrected chi connectivity index (χ3v) is 4.33. The zero-order valence-corrected chi connectivity index (χ0v) is 16.9. The van der Waals surface area contributed by atoms with Crippen LogP contribution in [0.5, 0.6) is 5.75 Å². The molecule has 0 atom stereocenters. The number of hydrogen-bond donors (Lipinski definition) is 1. The third kappa shape index (κ3) is 5.89. The first-order valence-electron chi connectivity index (χ1n) is 8.82. The molecule has 0 aliphatic rings. The van der Waals surface area contributed by atoms with E-state index in [9.17, 15) is 18.0 Å². The molecule has 0 aliphatic carbocycles. The summed E-state index contributed by atoms with van der Waals surface area (Å²) in [4.78, 5) is 12.7. The van der Waals surface area contributed by atoms with Crippen LogP contribution in [0.15, 0.2) is 42.5 Å². The van der Waals surface area contributed by atoms with Crippen molar-refractivity contribution in [2.45, 2.75) is 46.4 Å². The summed E-state index contributed by atoms with van der Waals surface area (Å²) >= 11 is 5.87. The first-order chi connectivity index (χ1) is 12.9. The molecule has 1 amide bonds. The van der Waals surface area contributed by atoms with Gasteiger partial charge in [-0.25, -0.2) is 0 Å². The number of carbonyl (C=O) groups is 1. The van der Waals surface area contributed by atoms with Crippen LogP contribution in [-0.4, -0.2) is 12.0 Å². The Hall–Kier alpha value is -2.21. The lowest BCUT2D eigenvalue weighted by Gasteiger charge is -2.24. The highest BCUT2D eigenvalue weighted by molar-refractivity contribution is 6.30. The van der Waals surface area contributed by atoms with Crippen molar-refractivity contribution >= 4 is 23.2 Å². The van der Waals surface area contributed by atoms with Crippen molar-refractivity contribution in [1.82, 2.24) is 0 Å². The molecule has 0 spiro atoms. The molecule has 0 heterocycles. The van der Waals surface area contributed by atoms with Gasteiger partial charge >= 0.3 is 6.18 Å². The number of hydrogen-bond acceptors (Lipinski definition) is 2. The van der Waals surface area contributed by atoms with E-state index in [0.29, 0.717) is 11.4 Å². The number of anilines is 1. The van der Waals surface area contributed by atoms with Gasteiger partial charge in [-0.3, -0.25) is 4.79 Å². The fraction of sp³-hybridized carbons (Fsp3) is 0.381. The average molecular weight is 414 g/mol. The Morgan fingerprint density at radius 1 is 1.11 bits per heavy atom. The van der Waals surface area contributed by atoms with Crippen LogP contribution < -0.4 is 10.1 Å². The van der Waals surface area contributed by atoms with Gasteiger partial charge in [0.25, 0.3) is 0 Å². The van der Waals surface area contributed by atoms with Crippen molar-refractivity contribution in [1.29, 1.82) is 0 Å². The molecule has 1 N–H and O–H groups in total. The number of halogens is 4. The Kier molecular flexibility index (Phi) is 6.65. The number of alkyl halides is 3. The van der Waals surface area contributed by atoms with Crippen LogP contribution in [0.3, 0.4) is 0 Å². The van der Waals surface area contributed by atoms with E-state index < -0.39 is 23.3 Å². The Balaban J connectivity index is 2.21. The van der Waals surface area contributed by atoms with Crippen molar-refractivity contribution < 1.29 is 22.7 Å². The summed E-state index contributed by atoms with van der Waals surface area (Å²) in [5.41, 5.74) is -0.785. The monoisotopic (exact) mass is 413 g/mol. The van der Waals surface area contributed by atoms with Crippen LogP contribution in [-0.2, 0) is 17.4 Å². The zero-order chi connectivity index (χ0) is 21.1. The first-order valence-corrected chi connectivity index (χ1v) is 9.20. The second kappa shape index (κ2) is 8.43. The second-order valence-corrected chi connectivity index (χ2v) is 7.95. The van der Waals surface area contributed by atoms with Gasteiger partial charge in [-0.2, -0.15) is 13.2 Å². The van der Waals surface area contributed by atoms with Crippen molar-refractivity contribution in [3.63, 3.8) is 0 Å². The number of nitrogens with one attached hydrogen (secondary N) is 1. The number of amides is 1. The molecule has 3 nitrogen and oxygen atoms in total. The van der Waals surface area contributed by atoms with Crippen molar-refractivity contribution in [2.75, 3.05) is 5.32 Å². The van der Waals surface area contributed by atoms with Crippen molar-refractivity contribution in [3.05, 3.63) is 58.6 Å². The number of benzene rings is 2. The molecule has 152 valence electrons. The summed E-state index contributed by atoms with van der Waals surface area (Å²) in [5, 5.41) is 3.18. The molecule has 0 saturated carbocycles. The Labute approximate surface area is 167 Å². The van der Waals surface area contributed by atoms with Crippen LogP contribution in [0.25, 0.3) is 0 Å². The van der Waals surface area contributed by atoms with Gasteiger partial charge in [0, 0.05) is 16.1 Å². The molecule has 0 unspecified atom stereocenters. The minimum atomic E-state index is -4.59. The molecule has 2 rings (SSSR count). The lowest BCUT2D eigenvalue weighted by Crippen LogP contribution is -2.32. The highest BCUT2D eigenvalue weighted by atomic mass is 35.5. The molecular formula is C21H23ClF3NO2. The van der Waals surface area contributed by atoms with Crippen LogP contribution >= 0.6 is 11.6 Å². The largest absolute Gasteiger partial charge is 0.490 e. The predicted octanol–water partition coefficient (Wildman–Crippen LogP) is 6.35. The van der Waals surface area contributed by atoms with Crippen LogP contribution in [0.1, 0.15) is 38.8 Å². The maximum Gasteiger partial charge on any atom is 0.420 e. The molecule has 0 bridgehead atoms. The quantitative estimate of drug-likeness (QED) is 0.598. The molecule has 0 aliphatic heterocycles. The average Bonchev–Trinajstić information content (AvgIpc) is 2.56. The maximum atomic E-state index is 13.4. The van der Waals surface area contributed by atoms with Gasteiger partial charge in [0.05, 0.1) is 11.7 Å². The minimum Gasteiger partial charge on any atom is -0.490 e. The Bertz CT molecular complexity index is 831. The zero-order valence-electron chi connectivity index (χ0n) is 16.2. The molecule has 0 radical (unpaired) electrons. The van der Waals surface area contributed by atoms with E-state index in [1.54, 1.807) is 39.8 Å². The van der Waals surface area contributed by atoms with E-state index in [-0.39, 0.29) is 17.3 Å². The fourth-order valence-corrected chi connectivity index (χ4v) is 2.81. The van der Waals surface area contributed by atoms with Gasteiger partial charge < -0.3 is 10.1 Å². The maximum absolute atomic E-state index is 13.4. The lowest BCUT2D eigenvalue weighted by molar-refractivity contribution is -0.139. The Morgan fingerprint density at radius 3 is 2.25 bits per heavy atom. The molecule has 2 aromatic rings. The summed E-state index contributed by atoms with van der Waals surface area (Å²) in [6, 6.07) is 10.6. The summed E-state index contributed by atoms with van der Waals surface area (Å²) in [5.74, 6) is -0.644. The van der Waals surface area contributed by atoms with Crippen molar-refractivity contribution in [3.8, 4) is 5.75 Å². The van der Waals surface area contributed by atoms with E-state index in [2.05, 4.69) is 5.32 Å². The molecular weight excluding hydrogens is 391 g/mol. The molecule has 0 saturated heterocycles. The highest BCUT2D eigenvalue weighted by Crippen LogP contribution is 2.38. The summed E-state index contributed by atoms with van der Waals surface area (Å²) in [6.07, 6.45) is -4.58. The van der Waals surface area contributed by atoms with E-state index in [0.717, 1.165) is 11.6 Å². The van der Waals surface area contributed by atoms with E-state index in [4.69, 9.17) is 16.3 Å². The van der Waals surface area contributed by atoms with Crippen LogP contribution in [0.2, 0.25) is 5.02 Å².